The van der Waals surface area contributed by atoms with Gasteiger partial charge in [0.25, 0.3) is 0 Å². The lowest BCUT2D eigenvalue weighted by Crippen LogP contribution is -2.37. The molecule has 2 atom stereocenters. The Kier molecular flexibility index (Phi) is 5.57. The fourth-order valence-corrected chi connectivity index (χ4v) is 4.94. The van der Waals surface area contributed by atoms with E-state index in [9.17, 15) is 22.8 Å². The van der Waals surface area contributed by atoms with Gasteiger partial charge in [-0.1, -0.05) is 6.07 Å². The summed E-state index contributed by atoms with van der Waals surface area (Å²) in [7, 11) is 0. The summed E-state index contributed by atoms with van der Waals surface area (Å²) >= 11 is 0. The molecule has 1 saturated carbocycles. The largest absolute Gasteiger partial charge is 0.421 e. The number of halogens is 3. The van der Waals surface area contributed by atoms with Crippen LogP contribution < -0.4 is 16.0 Å². The van der Waals surface area contributed by atoms with Crippen molar-refractivity contribution in [3.63, 3.8) is 0 Å². The highest BCUT2D eigenvalue weighted by Gasteiger charge is 2.46. The molecule has 0 spiro atoms. The molecule has 0 unspecified atom stereocenters. The third kappa shape index (κ3) is 4.14. The van der Waals surface area contributed by atoms with Gasteiger partial charge in [0.05, 0.1) is 18.6 Å². The molecule has 5 rings (SSSR count). The van der Waals surface area contributed by atoms with Gasteiger partial charge < -0.3 is 20.9 Å². The SMILES string of the molecule is CC(=O)NCC(=O)N1[C@@H]2CC[C@H]1c1ccc(Nc3ncc(C(F)(F)F)c(NC4CCC4)n3)cc12. The first-order valence-corrected chi connectivity index (χ1v) is 11.4. The lowest BCUT2D eigenvalue weighted by atomic mass is 9.91. The molecule has 180 valence electrons. The van der Waals surface area contributed by atoms with Crippen LogP contribution in [0.2, 0.25) is 0 Å². The number of hydrogen-bond donors (Lipinski definition) is 3. The number of nitrogens with zero attached hydrogens (tertiary/aromatic N) is 3. The molecule has 1 saturated heterocycles. The molecule has 0 radical (unpaired) electrons. The van der Waals surface area contributed by atoms with Crippen LogP contribution in [0, 0.1) is 0 Å². The zero-order valence-electron chi connectivity index (χ0n) is 18.6. The molecule has 34 heavy (non-hydrogen) atoms. The Labute approximate surface area is 194 Å². The number of fused-ring (bicyclic) bond motifs is 5. The molecular formula is C23H25F3N6O2. The molecular weight excluding hydrogens is 449 g/mol. The van der Waals surface area contributed by atoms with Crippen molar-refractivity contribution in [2.24, 2.45) is 0 Å². The van der Waals surface area contributed by atoms with Crippen molar-refractivity contribution >= 4 is 29.3 Å². The first-order chi connectivity index (χ1) is 16.2. The van der Waals surface area contributed by atoms with E-state index in [1.807, 2.05) is 23.1 Å². The maximum atomic E-state index is 13.4. The second-order valence-corrected chi connectivity index (χ2v) is 9.01. The Morgan fingerprint density at radius 2 is 1.85 bits per heavy atom. The minimum absolute atomic E-state index is 0.0135. The molecule has 8 nitrogen and oxygen atoms in total. The molecule has 2 fully saturated rings. The van der Waals surface area contributed by atoms with Crippen molar-refractivity contribution in [1.82, 2.24) is 20.2 Å². The summed E-state index contributed by atoms with van der Waals surface area (Å²) in [5, 5.41) is 8.47. The summed E-state index contributed by atoms with van der Waals surface area (Å²) in [6.07, 6.45) is 0.534. The minimum atomic E-state index is -4.55. The topological polar surface area (TPSA) is 99.3 Å². The lowest BCUT2D eigenvalue weighted by Gasteiger charge is -2.28. The second kappa shape index (κ2) is 8.44. The van der Waals surface area contributed by atoms with Crippen LogP contribution in [0.25, 0.3) is 0 Å². The van der Waals surface area contributed by atoms with E-state index in [2.05, 4.69) is 25.9 Å². The van der Waals surface area contributed by atoms with Crippen LogP contribution in [0.3, 0.4) is 0 Å². The van der Waals surface area contributed by atoms with E-state index >= 15 is 0 Å². The van der Waals surface area contributed by atoms with E-state index in [-0.39, 0.29) is 48.3 Å². The average molecular weight is 474 g/mol. The molecule has 3 heterocycles. The van der Waals surface area contributed by atoms with Crippen molar-refractivity contribution in [3.8, 4) is 0 Å². The zero-order chi connectivity index (χ0) is 24.0. The maximum absolute atomic E-state index is 13.4. The number of alkyl halides is 3. The highest BCUT2D eigenvalue weighted by molar-refractivity contribution is 5.85. The number of rotatable bonds is 6. The van der Waals surface area contributed by atoms with Gasteiger partial charge in [-0.05, 0) is 55.4 Å². The third-order valence-electron chi connectivity index (χ3n) is 6.76. The van der Waals surface area contributed by atoms with Crippen molar-refractivity contribution < 1.29 is 22.8 Å². The molecule has 3 N–H and O–H groups in total. The molecule has 1 aromatic heterocycles. The summed E-state index contributed by atoms with van der Waals surface area (Å²) in [5.41, 5.74) is 1.80. The normalized spacial score (nSPS) is 21.1. The smallest absolute Gasteiger partial charge is 0.367 e. The van der Waals surface area contributed by atoms with Crippen LogP contribution in [0.4, 0.5) is 30.6 Å². The van der Waals surface area contributed by atoms with Crippen molar-refractivity contribution in [3.05, 3.63) is 41.1 Å². The number of benzene rings is 1. The van der Waals surface area contributed by atoms with E-state index in [0.717, 1.165) is 49.4 Å². The van der Waals surface area contributed by atoms with Crippen LogP contribution >= 0.6 is 0 Å². The predicted molar refractivity (Wildman–Crippen MR) is 118 cm³/mol. The summed E-state index contributed by atoms with van der Waals surface area (Å²) < 4.78 is 40.3. The van der Waals surface area contributed by atoms with Gasteiger partial charge >= 0.3 is 6.18 Å². The summed E-state index contributed by atoms with van der Waals surface area (Å²) in [6, 6.07) is 5.51. The van der Waals surface area contributed by atoms with Gasteiger partial charge in [0, 0.05) is 24.8 Å². The molecule has 2 aliphatic heterocycles. The number of hydrogen-bond acceptors (Lipinski definition) is 6. The van der Waals surface area contributed by atoms with Gasteiger partial charge in [0.1, 0.15) is 11.4 Å². The van der Waals surface area contributed by atoms with Crippen LogP contribution in [0.1, 0.15) is 67.8 Å². The first-order valence-electron chi connectivity index (χ1n) is 11.4. The first kappa shape index (κ1) is 22.4. The Balaban J connectivity index is 1.36. The number of aromatic nitrogens is 2. The molecule has 2 aromatic rings. The van der Waals surface area contributed by atoms with Crippen molar-refractivity contribution in [2.45, 2.75) is 63.3 Å². The standard InChI is InChI=1S/C23H25F3N6O2/c1-12(33)27-11-20(34)32-18-7-8-19(32)16-9-14(5-6-15(16)18)30-22-28-10-17(23(24,25)26)21(31-22)29-13-3-2-4-13/h5-6,9-10,13,18-19H,2-4,7-8,11H2,1H3,(H,27,33)(H2,28,29,30,31)/t18-,19+/m0/s1. The zero-order valence-corrected chi connectivity index (χ0v) is 18.6. The highest BCUT2D eigenvalue weighted by atomic mass is 19.4. The Bertz CT molecular complexity index is 1130. The summed E-state index contributed by atoms with van der Waals surface area (Å²) in [6.45, 7) is 1.33. The maximum Gasteiger partial charge on any atom is 0.421 e. The van der Waals surface area contributed by atoms with Crippen molar-refractivity contribution in [2.75, 3.05) is 17.2 Å². The summed E-state index contributed by atoms with van der Waals surface area (Å²) in [4.78, 5) is 33.7. The minimum Gasteiger partial charge on any atom is -0.367 e. The highest BCUT2D eigenvalue weighted by Crippen LogP contribution is 2.53. The predicted octanol–water partition coefficient (Wildman–Crippen LogP) is 4.06. The van der Waals surface area contributed by atoms with E-state index in [0.29, 0.717) is 5.69 Å². The monoisotopic (exact) mass is 474 g/mol. The molecule has 2 bridgehead atoms. The van der Waals surface area contributed by atoms with E-state index in [1.165, 1.54) is 6.92 Å². The second-order valence-electron chi connectivity index (χ2n) is 9.01. The van der Waals surface area contributed by atoms with Gasteiger partial charge in [-0.15, -0.1) is 0 Å². The van der Waals surface area contributed by atoms with E-state index < -0.39 is 11.7 Å². The molecule has 2 amide bonds. The number of carbonyl (C=O) groups is 2. The number of nitrogens with one attached hydrogen (secondary N) is 3. The molecule has 1 aromatic carbocycles. The van der Waals surface area contributed by atoms with Gasteiger partial charge in [-0.25, -0.2) is 4.98 Å². The Hall–Kier alpha value is -3.37. The van der Waals surface area contributed by atoms with Gasteiger partial charge in [-0.2, -0.15) is 18.2 Å². The fraction of sp³-hybridized carbons (Fsp3) is 0.478. The van der Waals surface area contributed by atoms with Gasteiger partial charge in [0.15, 0.2) is 0 Å². The third-order valence-corrected chi connectivity index (χ3v) is 6.76. The lowest BCUT2D eigenvalue weighted by molar-refractivity contribution is -0.137. The van der Waals surface area contributed by atoms with Gasteiger partial charge in [-0.3, -0.25) is 9.59 Å². The fourth-order valence-electron chi connectivity index (χ4n) is 4.94. The number of anilines is 3. The summed E-state index contributed by atoms with van der Waals surface area (Å²) in [5.74, 6) is -0.543. The average Bonchev–Trinajstić information content (AvgIpc) is 3.31. The number of carbonyl (C=O) groups excluding carboxylic acids is 2. The molecule has 3 aliphatic rings. The number of amides is 2. The quantitative estimate of drug-likeness (QED) is 0.584. The van der Waals surface area contributed by atoms with Crippen LogP contribution in [0.15, 0.2) is 24.4 Å². The van der Waals surface area contributed by atoms with Crippen LogP contribution in [-0.4, -0.2) is 39.3 Å². The van der Waals surface area contributed by atoms with E-state index in [4.69, 9.17) is 0 Å². The van der Waals surface area contributed by atoms with Crippen LogP contribution in [0.5, 0.6) is 0 Å². The molecule has 1 aliphatic carbocycles. The Morgan fingerprint density at radius 3 is 2.50 bits per heavy atom. The van der Waals surface area contributed by atoms with E-state index in [1.54, 1.807) is 0 Å². The van der Waals surface area contributed by atoms with Gasteiger partial charge in [0.2, 0.25) is 17.8 Å². The Morgan fingerprint density at radius 1 is 1.12 bits per heavy atom. The van der Waals surface area contributed by atoms with Crippen molar-refractivity contribution in [1.29, 1.82) is 0 Å². The molecule has 11 heteroatoms. The van der Waals surface area contributed by atoms with Crippen LogP contribution in [-0.2, 0) is 15.8 Å².